The SMILES string of the molecule is COC(=O)[C@H]1[C@@H](O)[C@@]2(O)c3ncc(Cl)cc3O[C@@]2(c2ccc(OC)cc2)[C@@H]1c1ccccc1. The van der Waals surface area contributed by atoms with Crippen LogP contribution in [0.1, 0.15) is 22.7 Å². The summed E-state index contributed by atoms with van der Waals surface area (Å²) in [5, 5.41) is 24.2. The molecule has 33 heavy (non-hydrogen) atoms. The van der Waals surface area contributed by atoms with E-state index in [1.54, 1.807) is 37.4 Å². The van der Waals surface area contributed by atoms with Gasteiger partial charge in [0.1, 0.15) is 23.3 Å². The molecule has 1 saturated carbocycles. The summed E-state index contributed by atoms with van der Waals surface area (Å²) in [5.74, 6) is -1.76. The molecule has 0 bridgehead atoms. The van der Waals surface area contributed by atoms with E-state index in [4.69, 9.17) is 25.8 Å². The zero-order chi connectivity index (χ0) is 23.4. The van der Waals surface area contributed by atoms with Crippen molar-refractivity contribution in [3.63, 3.8) is 0 Å². The van der Waals surface area contributed by atoms with Crippen molar-refractivity contribution in [2.75, 3.05) is 14.2 Å². The van der Waals surface area contributed by atoms with Crippen LogP contribution in [0.15, 0.2) is 66.9 Å². The van der Waals surface area contributed by atoms with Crippen LogP contribution in [-0.4, -0.2) is 41.5 Å². The molecule has 7 nitrogen and oxygen atoms in total. The predicted octanol–water partition coefficient (Wildman–Crippen LogP) is 3.17. The van der Waals surface area contributed by atoms with Crippen LogP contribution in [-0.2, 0) is 20.7 Å². The Bertz CT molecular complexity index is 1200. The van der Waals surface area contributed by atoms with Gasteiger partial charge in [-0.15, -0.1) is 0 Å². The molecule has 2 aromatic carbocycles. The predicted molar refractivity (Wildman–Crippen MR) is 119 cm³/mol. The minimum Gasteiger partial charge on any atom is -0.497 e. The molecule has 2 N–H and O–H groups in total. The molecule has 0 unspecified atom stereocenters. The highest BCUT2D eigenvalue weighted by Crippen LogP contribution is 2.68. The van der Waals surface area contributed by atoms with Crippen LogP contribution in [0.25, 0.3) is 0 Å². The van der Waals surface area contributed by atoms with Crippen molar-refractivity contribution in [3.8, 4) is 11.5 Å². The number of carbonyl (C=O) groups excluding carboxylic acids is 1. The molecule has 1 aromatic heterocycles. The zero-order valence-electron chi connectivity index (χ0n) is 17.9. The summed E-state index contributed by atoms with van der Waals surface area (Å²) in [7, 11) is 2.80. The zero-order valence-corrected chi connectivity index (χ0v) is 18.7. The molecule has 2 heterocycles. The molecule has 0 spiro atoms. The highest BCUT2D eigenvalue weighted by molar-refractivity contribution is 6.30. The Hall–Kier alpha value is -3.13. The maximum absolute atomic E-state index is 13.0. The van der Waals surface area contributed by atoms with E-state index in [9.17, 15) is 15.0 Å². The quantitative estimate of drug-likeness (QED) is 0.569. The third-order valence-electron chi connectivity index (χ3n) is 6.73. The highest BCUT2D eigenvalue weighted by atomic mass is 35.5. The first-order valence-electron chi connectivity index (χ1n) is 10.4. The number of pyridine rings is 1. The largest absolute Gasteiger partial charge is 0.497 e. The van der Waals surface area contributed by atoms with Crippen molar-refractivity contribution >= 4 is 17.6 Å². The standard InChI is InChI=1S/C25H22ClNO6/c1-31-17-10-8-15(9-11-17)25-20(14-6-4-3-5-7-14)19(23(29)32-2)22(28)24(25,30)21-18(33-25)12-16(26)13-27-21/h3-13,19-20,22,28,30H,1-2H3/t19-,20-,22-,24+,25+/m1/s1. The number of aliphatic hydroxyl groups is 2. The molecular formula is C25H22ClNO6. The van der Waals surface area contributed by atoms with E-state index in [1.165, 1.54) is 13.3 Å². The fourth-order valence-electron chi connectivity index (χ4n) is 5.37. The van der Waals surface area contributed by atoms with Crippen molar-refractivity contribution in [1.29, 1.82) is 0 Å². The van der Waals surface area contributed by atoms with Crippen LogP contribution in [0.2, 0.25) is 5.02 Å². The van der Waals surface area contributed by atoms with Crippen molar-refractivity contribution in [3.05, 3.63) is 88.7 Å². The van der Waals surface area contributed by atoms with E-state index in [0.29, 0.717) is 21.9 Å². The molecule has 1 aliphatic carbocycles. The maximum Gasteiger partial charge on any atom is 0.312 e. The number of carbonyl (C=O) groups is 1. The molecule has 1 aliphatic heterocycles. The summed E-state index contributed by atoms with van der Waals surface area (Å²) in [6, 6.07) is 17.7. The van der Waals surface area contributed by atoms with E-state index in [-0.39, 0.29) is 11.4 Å². The monoisotopic (exact) mass is 467 g/mol. The van der Waals surface area contributed by atoms with E-state index in [0.717, 1.165) is 0 Å². The Balaban J connectivity index is 1.85. The number of ether oxygens (including phenoxy) is 3. The van der Waals surface area contributed by atoms with Gasteiger partial charge < -0.3 is 24.4 Å². The van der Waals surface area contributed by atoms with Crippen LogP contribution >= 0.6 is 11.6 Å². The Morgan fingerprint density at radius 2 is 1.82 bits per heavy atom. The molecule has 8 heteroatoms. The van der Waals surface area contributed by atoms with Crippen LogP contribution in [0.4, 0.5) is 0 Å². The number of nitrogens with zero attached hydrogens (tertiary/aromatic N) is 1. The van der Waals surface area contributed by atoms with E-state index < -0.39 is 35.1 Å². The van der Waals surface area contributed by atoms with E-state index in [1.807, 2.05) is 30.3 Å². The van der Waals surface area contributed by atoms with Gasteiger partial charge in [-0.3, -0.25) is 9.78 Å². The van der Waals surface area contributed by atoms with Crippen molar-refractivity contribution in [2.45, 2.75) is 23.2 Å². The summed E-state index contributed by atoms with van der Waals surface area (Å²) in [6.07, 6.45) is -0.200. The number of halogens is 1. The lowest BCUT2D eigenvalue weighted by atomic mass is 9.71. The number of aromatic nitrogens is 1. The van der Waals surface area contributed by atoms with Crippen molar-refractivity contribution in [1.82, 2.24) is 4.98 Å². The van der Waals surface area contributed by atoms with Gasteiger partial charge in [0, 0.05) is 18.2 Å². The van der Waals surface area contributed by atoms with Crippen LogP contribution in [0, 0.1) is 5.92 Å². The van der Waals surface area contributed by atoms with Gasteiger partial charge in [0.15, 0.2) is 11.2 Å². The Labute approximate surface area is 195 Å². The maximum atomic E-state index is 13.0. The number of hydrogen-bond donors (Lipinski definition) is 2. The third kappa shape index (κ3) is 2.83. The first kappa shape index (κ1) is 21.7. The summed E-state index contributed by atoms with van der Waals surface area (Å²) >= 11 is 6.17. The minimum absolute atomic E-state index is 0.113. The molecule has 2 aliphatic rings. The van der Waals surface area contributed by atoms with E-state index >= 15 is 0 Å². The molecule has 0 radical (unpaired) electrons. The summed E-state index contributed by atoms with van der Waals surface area (Å²) in [4.78, 5) is 17.3. The molecule has 170 valence electrons. The normalized spacial score (nSPS) is 29.7. The minimum atomic E-state index is -2.07. The van der Waals surface area contributed by atoms with Gasteiger partial charge in [-0.25, -0.2) is 0 Å². The average molecular weight is 468 g/mol. The fourth-order valence-corrected chi connectivity index (χ4v) is 5.52. The Morgan fingerprint density at radius 1 is 1.12 bits per heavy atom. The topological polar surface area (TPSA) is 98.1 Å². The van der Waals surface area contributed by atoms with Crippen LogP contribution in [0.3, 0.4) is 0 Å². The fraction of sp³-hybridized carbons (Fsp3) is 0.280. The highest BCUT2D eigenvalue weighted by Gasteiger charge is 2.78. The van der Waals surface area contributed by atoms with E-state index in [2.05, 4.69) is 4.98 Å². The molecule has 5 rings (SSSR count). The van der Waals surface area contributed by atoms with Gasteiger partial charge in [-0.2, -0.15) is 0 Å². The number of hydrogen-bond acceptors (Lipinski definition) is 7. The van der Waals surface area contributed by atoms with Gasteiger partial charge >= 0.3 is 5.97 Å². The molecule has 3 aromatic rings. The smallest absolute Gasteiger partial charge is 0.312 e. The molecular weight excluding hydrogens is 446 g/mol. The average Bonchev–Trinajstić information content (AvgIpc) is 3.21. The molecule has 5 atom stereocenters. The second kappa shape index (κ2) is 7.73. The van der Waals surface area contributed by atoms with Crippen molar-refractivity contribution in [2.24, 2.45) is 5.92 Å². The first-order chi connectivity index (χ1) is 15.9. The van der Waals surface area contributed by atoms with Gasteiger partial charge in [0.05, 0.1) is 25.2 Å². The Morgan fingerprint density at radius 3 is 2.45 bits per heavy atom. The molecule has 1 fully saturated rings. The number of rotatable bonds is 4. The van der Waals surface area contributed by atoms with Gasteiger partial charge in [0.2, 0.25) is 0 Å². The summed E-state index contributed by atoms with van der Waals surface area (Å²) in [5.41, 5.74) is -2.32. The number of aliphatic hydroxyl groups excluding tert-OH is 1. The molecule has 0 saturated heterocycles. The molecule has 0 amide bonds. The number of fused-ring (bicyclic) bond motifs is 3. The van der Waals surface area contributed by atoms with Crippen LogP contribution < -0.4 is 9.47 Å². The first-order valence-corrected chi connectivity index (χ1v) is 10.8. The summed E-state index contributed by atoms with van der Waals surface area (Å²) < 4.78 is 16.9. The lowest BCUT2D eigenvalue weighted by molar-refractivity contribution is -0.162. The lowest BCUT2D eigenvalue weighted by Crippen LogP contribution is -2.52. The number of esters is 1. The third-order valence-corrected chi connectivity index (χ3v) is 6.94. The Kier molecular flexibility index (Phi) is 5.08. The lowest BCUT2D eigenvalue weighted by Gasteiger charge is -2.40. The van der Waals surface area contributed by atoms with Gasteiger partial charge in [0.25, 0.3) is 0 Å². The second-order valence-electron chi connectivity index (χ2n) is 8.22. The van der Waals surface area contributed by atoms with Gasteiger partial charge in [-0.05, 0) is 23.3 Å². The van der Waals surface area contributed by atoms with Crippen molar-refractivity contribution < 1.29 is 29.2 Å². The van der Waals surface area contributed by atoms with Crippen LogP contribution in [0.5, 0.6) is 11.5 Å². The summed E-state index contributed by atoms with van der Waals surface area (Å²) in [6.45, 7) is 0. The van der Waals surface area contributed by atoms with Gasteiger partial charge in [-0.1, -0.05) is 54.1 Å². The number of benzene rings is 2. The second-order valence-corrected chi connectivity index (χ2v) is 8.65. The number of methoxy groups -OCH3 is 2.